The summed E-state index contributed by atoms with van der Waals surface area (Å²) in [7, 11) is 0. The first-order valence-corrected chi connectivity index (χ1v) is 7.19. The molecule has 3 rings (SSSR count). The van der Waals surface area contributed by atoms with Crippen molar-refractivity contribution in [2.75, 3.05) is 43.1 Å². The molecule has 112 valence electrons. The monoisotopic (exact) mass is 309 g/mol. The second-order valence-corrected chi connectivity index (χ2v) is 4.92. The molecule has 1 saturated heterocycles. The first-order chi connectivity index (χ1) is 10.3. The maximum Gasteiger partial charge on any atom is 0.231 e. The van der Waals surface area contributed by atoms with Gasteiger partial charge in [0.15, 0.2) is 0 Å². The van der Waals surface area contributed by atoms with Crippen molar-refractivity contribution in [1.82, 2.24) is 15.0 Å². The van der Waals surface area contributed by atoms with Gasteiger partial charge >= 0.3 is 0 Å². The molecule has 0 aliphatic carbocycles. The number of nitrogens with zero attached hydrogens (tertiary/aromatic N) is 4. The summed E-state index contributed by atoms with van der Waals surface area (Å²) in [6, 6.07) is 3.80. The normalized spacial score (nSPS) is 15.2. The lowest BCUT2D eigenvalue weighted by Crippen LogP contribution is -2.37. The predicted octanol–water partition coefficient (Wildman–Crippen LogP) is 1.61. The van der Waals surface area contributed by atoms with Crippen LogP contribution in [0.1, 0.15) is 5.76 Å². The minimum absolute atomic E-state index is 0.187. The van der Waals surface area contributed by atoms with Gasteiger partial charge in [0.05, 0.1) is 19.5 Å². The second kappa shape index (κ2) is 6.73. The van der Waals surface area contributed by atoms with Crippen LogP contribution in [0.15, 0.2) is 22.8 Å². The van der Waals surface area contributed by atoms with Crippen LogP contribution in [0.3, 0.4) is 0 Å². The summed E-state index contributed by atoms with van der Waals surface area (Å²) in [4.78, 5) is 14.7. The summed E-state index contributed by atoms with van der Waals surface area (Å²) >= 11 is 5.97. The maximum atomic E-state index is 5.97. The maximum absolute atomic E-state index is 5.97. The lowest BCUT2D eigenvalue weighted by molar-refractivity contribution is 0.122. The van der Waals surface area contributed by atoms with Crippen LogP contribution in [0.25, 0.3) is 0 Å². The average molecular weight is 310 g/mol. The van der Waals surface area contributed by atoms with Gasteiger partial charge in [0, 0.05) is 26.1 Å². The van der Waals surface area contributed by atoms with Crippen molar-refractivity contribution in [3.8, 4) is 0 Å². The molecule has 0 saturated carbocycles. The molecule has 1 aliphatic heterocycles. The Morgan fingerprint density at radius 3 is 2.86 bits per heavy atom. The Morgan fingerprint density at radius 2 is 2.10 bits per heavy atom. The highest BCUT2D eigenvalue weighted by Crippen LogP contribution is 2.15. The van der Waals surface area contributed by atoms with Crippen molar-refractivity contribution in [1.29, 1.82) is 0 Å². The summed E-state index contributed by atoms with van der Waals surface area (Å²) in [5.74, 6) is 1.97. The average Bonchev–Trinajstić information content (AvgIpc) is 3.01. The molecular formula is C13H16ClN5O2. The van der Waals surface area contributed by atoms with Gasteiger partial charge in [-0.15, -0.1) is 0 Å². The molecule has 0 aromatic carbocycles. The van der Waals surface area contributed by atoms with Crippen LogP contribution in [0.5, 0.6) is 0 Å². The van der Waals surface area contributed by atoms with Crippen molar-refractivity contribution in [2.45, 2.75) is 6.42 Å². The van der Waals surface area contributed by atoms with E-state index in [0.717, 1.165) is 25.3 Å². The van der Waals surface area contributed by atoms with Crippen LogP contribution >= 0.6 is 11.6 Å². The van der Waals surface area contributed by atoms with Gasteiger partial charge in [0.25, 0.3) is 0 Å². The van der Waals surface area contributed by atoms with E-state index in [1.54, 1.807) is 6.26 Å². The Morgan fingerprint density at radius 1 is 1.24 bits per heavy atom. The number of halogens is 1. The number of ether oxygens (including phenoxy) is 1. The molecule has 3 heterocycles. The first-order valence-electron chi connectivity index (χ1n) is 6.82. The molecule has 2 aromatic heterocycles. The van der Waals surface area contributed by atoms with Gasteiger partial charge in [-0.1, -0.05) is 0 Å². The molecule has 2 aromatic rings. The smallest absolute Gasteiger partial charge is 0.231 e. The third-order valence-electron chi connectivity index (χ3n) is 3.12. The zero-order chi connectivity index (χ0) is 14.5. The molecule has 0 spiro atoms. The van der Waals surface area contributed by atoms with E-state index in [1.807, 2.05) is 17.0 Å². The van der Waals surface area contributed by atoms with Gasteiger partial charge in [-0.25, -0.2) is 0 Å². The molecular weight excluding hydrogens is 294 g/mol. The minimum Gasteiger partial charge on any atom is -0.469 e. The summed E-state index contributed by atoms with van der Waals surface area (Å²) in [5.41, 5.74) is 0. The van der Waals surface area contributed by atoms with E-state index < -0.39 is 0 Å². The van der Waals surface area contributed by atoms with Gasteiger partial charge in [0.2, 0.25) is 17.2 Å². The summed E-state index contributed by atoms with van der Waals surface area (Å²) in [6.45, 7) is 3.52. The van der Waals surface area contributed by atoms with Crippen LogP contribution in [0.4, 0.5) is 11.9 Å². The lowest BCUT2D eigenvalue weighted by Gasteiger charge is -2.26. The van der Waals surface area contributed by atoms with Crippen molar-refractivity contribution in [3.05, 3.63) is 29.4 Å². The fourth-order valence-electron chi connectivity index (χ4n) is 2.08. The summed E-state index contributed by atoms with van der Waals surface area (Å²) < 4.78 is 10.6. The number of furan rings is 1. The Labute approximate surface area is 127 Å². The molecule has 1 N–H and O–H groups in total. The van der Waals surface area contributed by atoms with Crippen LogP contribution in [-0.4, -0.2) is 47.8 Å². The van der Waals surface area contributed by atoms with Crippen molar-refractivity contribution in [3.63, 3.8) is 0 Å². The zero-order valence-corrected chi connectivity index (χ0v) is 12.2. The van der Waals surface area contributed by atoms with Gasteiger partial charge in [-0.05, 0) is 23.7 Å². The van der Waals surface area contributed by atoms with E-state index in [2.05, 4.69) is 20.3 Å². The second-order valence-electron chi connectivity index (χ2n) is 4.58. The molecule has 0 radical (unpaired) electrons. The van der Waals surface area contributed by atoms with Crippen molar-refractivity contribution in [2.24, 2.45) is 0 Å². The van der Waals surface area contributed by atoms with Gasteiger partial charge < -0.3 is 19.4 Å². The topological polar surface area (TPSA) is 76.3 Å². The van der Waals surface area contributed by atoms with Crippen LogP contribution in [-0.2, 0) is 11.2 Å². The largest absolute Gasteiger partial charge is 0.469 e. The summed E-state index contributed by atoms with van der Waals surface area (Å²) in [5, 5.41) is 3.33. The molecule has 0 bridgehead atoms. The highest BCUT2D eigenvalue weighted by atomic mass is 35.5. The number of aromatic nitrogens is 3. The van der Waals surface area contributed by atoms with E-state index >= 15 is 0 Å². The summed E-state index contributed by atoms with van der Waals surface area (Å²) in [6.07, 6.45) is 2.41. The molecule has 0 atom stereocenters. The zero-order valence-electron chi connectivity index (χ0n) is 11.5. The number of nitrogens with one attached hydrogen (secondary N) is 1. The quantitative estimate of drug-likeness (QED) is 0.899. The molecule has 7 nitrogen and oxygen atoms in total. The predicted molar refractivity (Wildman–Crippen MR) is 78.8 cm³/mol. The van der Waals surface area contributed by atoms with Crippen LogP contribution in [0, 0.1) is 0 Å². The molecule has 0 unspecified atom stereocenters. The minimum atomic E-state index is 0.187. The van der Waals surface area contributed by atoms with Crippen molar-refractivity contribution < 1.29 is 9.15 Å². The van der Waals surface area contributed by atoms with Crippen LogP contribution in [0.2, 0.25) is 5.28 Å². The van der Waals surface area contributed by atoms with Crippen molar-refractivity contribution >= 4 is 23.5 Å². The van der Waals surface area contributed by atoms with Gasteiger partial charge in [-0.2, -0.15) is 15.0 Å². The number of rotatable bonds is 5. The molecule has 8 heteroatoms. The lowest BCUT2D eigenvalue weighted by atomic mass is 10.3. The van der Waals surface area contributed by atoms with Crippen LogP contribution < -0.4 is 10.2 Å². The van der Waals surface area contributed by atoms with E-state index in [0.29, 0.717) is 31.7 Å². The fourth-order valence-corrected chi connectivity index (χ4v) is 2.23. The number of anilines is 2. The van der Waals surface area contributed by atoms with E-state index in [1.165, 1.54) is 0 Å². The number of hydrogen-bond acceptors (Lipinski definition) is 7. The number of hydrogen-bond donors (Lipinski definition) is 1. The van der Waals surface area contributed by atoms with Gasteiger partial charge in [-0.3, -0.25) is 0 Å². The first kappa shape index (κ1) is 14.1. The molecule has 1 fully saturated rings. The molecule has 0 amide bonds. The highest BCUT2D eigenvalue weighted by Gasteiger charge is 2.15. The number of morpholine rings is 1. The Bertz CT molecular complexity index is 572. The molecule has 1 aliphatic rings. The van der Waals surface area contributed by atoms with E-state index in [-0.39, 0.29) is 5.28 Å². The van der Waals surface area contributed by atoms with Gasteiger partial charge in [0.1, 0.15) is 5.76 Å². The SMILES string of the molecule is Clc1nc(NCCc2ccco2)nc(N2CCOCC2)n1. The fraction of sp³-hybridized carbons (Fsp3) is 0.462. The highest BCUT2D eigenvalue weighted by molar-refractivity contribution is 6.28. The third kappa shape index (κ3) is 3.83. The standard InChI is InChI=1S/C13H16ClN5O2/c14-11-16-12(15-4-3-10-2-1-7-21-10)18-13(17-11)19-5-8-20-9-6-19/h1-2,7H,3-6,8-9H2,(H,15,16,17,18). The Kier molecular flexibility index (Phi) is 4.52. The van der Waals surface area contributed by atoms with E-state index in [4.69, 9.17) is 20.8 Å². The Balaban J connectivity index is 1.63. The molecule has 21 heavy (non-hydrogen) atoms. The van der Waals surface area contributed by atoms with E-state index in [9.17, 15) is 0 Å². The third-order valence-corrected chi connectivity index (χ3v) is 3.29. The Hall–Kier alpha value is -1.86.